The summed E-state index contributed by atoms with van der Waals surface area (Å²) in [4.78, 5) is -0.0382. The van der Waals surface area contributed by atoms with Crippen molar-refractivity contribution in [3.05, 3.63) is 59.5 Å². The van der Waals surface area contributed by atoms with E-state index in [4.69, 9.17) is 9.26 Å². The van der Waals surface area contributed by atoms with Crippen LogP contribution in [-0.2, 0) is 10.0 Å². The van der Waals surface area contributed by atoms with Crippen LogP contribution in [-0.4, -0.2) is 20.7 Å². The SMILES string of the molecule is COc1cc(-c2cc(C)no2)ccc1S(=O)(=O)Nc1ccc(F)cc1C. The first-order valence-corrected chi connectivity index (χ1v) is 9.19. The van der Waals surface area contributed by atoms with Gasteiger partial charge in [-0.25, -0.2) is 12.8 Å². The normalized spacial score (nSPS) is 11.4. The molecule has 0 aliphatic heterocycles. The molecule has 3 aromatic rings. The second-order valence-corrected chi connectivity index (χ2v) is 7.41. The van der Waals surface area contributed by atoms with Crippen LogP contribution in [0.25, 0.3) is 11.3 Å². The largest absolute Gasteiger partial charge is 0.495 e. The predicted molar refractivity (Wildman–Crippen MR) is 95.2 cm³/mol. The number of hydrogen-bond acceptors (Lipinski definition) is 5. The van der Waals surface area contributed by atoms with E-state index in [0.717, 1.165) is 0 Å². The summed E-state index contributed by atoms with van der Waals surface area (Å²) >= 11 is 0. The molecular formula is C18H17FN2O4S. The van der Waals surface area contributed by atoms with E-state index in [1.54, 1.807) is 32.0 Å². The molecule has 1 heterocycles. The van der Waals surface area contributed by atoms with Gasteiger partial charge >= 0.3 is 0 Å². The number of ether oxygens (including phenoxy) is 1. The molecule has 0 saturated carbocycles. The molecule has 0 aliphatic carbocycles. The highest BCUT2D eigenvalue weighted by Gasteiger charge is 2.21. The molecule has 26 heavy (non-hydrogen) atoms. The number of rotatable bonds is 5. The third-order valence-electron chi connectivity index (χ3n) is 3.80. The Morgan fingerprint density at radius 2 is 1.88 bits per heavy atom. The molecule has 0 fully saturated rings. The minimum Gasteiger partial charge on any atom is -0.495 e. The van der Waals surface area contributed by atoms with Crippen LogP contribution in [0, 0.1) is 19.7 Å². The second-order valence-electron chi connectivity index (χ2n) is 5.76. The monoisotopic (exact) mass is 376 g/mol. The molecule has 136 valence electrons. The fraction of sp³-hybridized carbons (Fsp3) is 0.167. The summed E-state index contributed by atoms with van der Waals surface area (Å²) in [6, 6.07) is 10.2. The number of nitrogens with one attached hydrogen (secondary N) is 1. The maximum absolute atomic E-state index is 13.2. The van der Waals surface area contributed by atoms with Crippen LogP contribution < -0.4 is 9.46 Å². The first kappa shape index (κ1) is 17.9. The van der Waals surface area contributed by atoms with E-state index < -0.39 is 15.8 Å². The molecule has 0 atom stereocenters. The van der Waals surface area contributed by atoms with Crippen molar-refractivity contribution in [1.29, 1.82) is 0 Å². The molecule has 1 aromatic heterocycles. The average molecular weight is 376 g/mol. The molecule has 8 heteroatoms. The van der Waals surface area contributed by atoms with Gasteiger partial charge in [-0.05, 0) is 55.8 Å². The zero-order valence-corrected chi connectivity index (χ0v) is 15.2. The molecule has 1 N–H and O–H groups in total. The summed E-state index contributed by atoms with van der Waals surface area (Å²) in [6.45, 7) is 3.41. The van der Waals surface area contributed by atoms with E-state index in [-0.39, 0.29) is 10.6 Å². The van der Waals surface area contributed by atoms with Crippen molar-refractivity contribution in [2.75, 3.05) is 11.8 Å². The third kappa shape index (κ3) is 3.55. The summed E-state index contributed by atoms with van der Waals surface area (Å²) in [7, 11) is -2.55. The van der Waals surface area contributed by atoms with Gasteiger partial charge in [0.2, 0.25) is 0 Å². The number of anilines is 1. The van der Waals surface area contributed by atoms with Crippen LogP contribution in [0.2, 0.25) is 0 Å². The molecule has 0 bridgehead atoms. The Morgan fingerprint density at radius 1 is 1.12 bits per heavy atom. The Hall–Kier alpha value is -2.87. The molecule has 0 spiro atoms. The zero-order valence-electron chi connectivity index (χ0n) is 14.4. The first-order chi connectivity index (χ1) is 12.3. The topological polar surface area (TPSA) is 81.4 Å². The minimum atomic E-state index is -3.93. The quantitative estimate of drug-likeness (QED) is 0.730. The van der Waals surface area contributed by atoms with Crippen LogP contribution in [0.15, 0.2) is 51.9 Å². The smallest absolute Gasteiger partial charge is 0.265 e. The number of aromatic nitrogens is 1. The number of aryl methyl sites for hydroxylation is 2. The molecule has 3 rings (SSSR count). The number of nitrogens with zero attached hydrogens (tertiary/aromatic N) is 1. The van der Waals surface area contributed by atoms with Gasteiger partial charge in [0.1, 0.15) is 16.5 Å². The van der Waals surface area contributed by atoms with Crippen molar-refractivity contribution in [3.63, 3.8) is 0 Å². The number of methoxy groups -OCH3 is 1. The van der Waals surface area contributed by atoms with Crippen molar-refractivity contribution in [3.8, 4) is 17.1 Å². The van der Waals surface area contributed by atoms with Gasteiger partial charge in [-0.15, -0.1) is 0 Å². The number of benzene rings is 2. The van der Waals surface area contributed by atoms with Crippen molar-refractivity contribution < 1.29 is 22.1 Å². The van der Waals surface area contributed by atoms with Crippen LogP contribution in [0.1, 0.15) is 11.3 Å². The standard InChI is InChI=1S/C18H17FN2O4S/c1-11-8-14(19)5-6-15(11)21-26(22,23)18-7-4-13(10-17(18)24-3)16-9-12(2)20-25-16/h4-10,21H,1-3H3. The van der Waals surface area contributed by atoms with Crippen LogP contribution in [0.3, 0.4) is 0 Å². The molecular weight excluding hydrogens is 359 g/mol. The van der Waals surface area contributed by atoms with Crippen LogP contribution in [0.4, 0.5) is 10.1 Å². The Labute approximate surface area is 150 Å². The van der Waals surface area contributed by atoms with Gasteiger partial charge in [0.25, 0.3) is 10.0 Å². The highest BCUT2D eigenvalue weighted by Crippen LogP contribution is 2.32. The third-order valence-corrected chi connectivity index (χ3v) is 5.20. The Bertz CT molecular complexity index is 1060. The van der Waals surface area contributed by atoms with Gasteiger partial charge in [0.15, 0.2) is 5.76 Å². The number of sulfonamides is 1. The fourth-order valence-corrected chi connectivity index (χ4v) is 3.77. The Balaban J connectivity index is 1.99. The van der Waals surface area contributed by atoms with Gasteiger partial charge in [-0.1, -0.05) is 5.16 Å². The first-order valence-electron chi connectivity index (χ1n) is 7.71. The number of halogens is 1. The number of hydrogen-bond donors (Lipinski definition) is 1. The lowest BCUT2D eigenvalue weighted by molar-refractivity contribution is 0.402. The molecule has 0 amide bonds. The highest BCUT2D eigenvalue weighted by molar-refractivity contribution is 7.92. The Morgan fingerprint density at radius 3 is 2.50 bits per heavy atom. The predicted octanol–water partition coefficient (Wildman–Crippen LogP) is 3.91. The summed E-state index contributed by atoms with van der Waals surface area (Å²) in [6.07, 6.45) is 0. The molecule has 0 unspecified atom stereocenters. The molecule has 0 aliphatic rings. The van der Waals surface area contributed by atoms with Crippen molar-refractivity contribution in [1.82, 2.24) is 5.16 Å². The summed E-state index contributed by atoms with van der Waals surface area (Å²) in [5, 5.41) is 3.82. The van der Waals surface area contributed by atoms with E-state index >= 15 is 0 Å². The van der Waals surface area contributed by atoms with E-state index in [2.05, 4.69) is 9.88 Å². The maximum atomic E-state index is 13.2. The molecule has 0 saturated heterocycles. The van der Waals surface area contributed by atoms with Gasteiger partial charge in [0.05, 0.1) is 18.5 Å². The minimum absolute atomic E-state index is 0.0382. The van der Waals surface area contributed by atoms with Crippen molar-refractivity contribution >= 4 is 15.7 Å². The molecule has 2 aromatic carbocycles. The molecule has 6 nitrogen and oxygen atoms in total. The summed E-state index contributed by atoms with van der Waals surface area (Å²) in [5.41, 5.74) is 2.12. The van der Waals surface area contributed by atoms with Crippen LogP contribution in [0.5, 0.6) is 5.75 Å². The highest BCUT2D eigenvalue weighted by atomic mass is 32.2. The maximum Gasteiger partial charge on any atom is 0.265 e. The van der Waals surface area contributed by atoms with Gasteiger partial charge in [-0.3, -0.25) is 4.72 Å². The zero-order chi connectivity index (χ0) is 18.9. The van der Waals surface area contributed by atoms with Crippen molar-refractivity contribution in [2.24, 2.45) is 0 Å². The Kier molecular flexibility index (Phi) is 4.69. The van der Waals surface area contributed by atoms with E-state index in [1.807, 2.05) is 0 Å². The van der Waals surface area contributed by atoms with Gasteiger partial charge in [-0.2, -0.15) is 0 Å². The average Bonchev–Trinajstić information content (AvgIpc) is 3.03. The lowest BCUT2D eigenvalue weighted by Gasteiger charge is -2.14. The van der Waals surface area contributed by atoms with Crippen molar-refractivity contribution in [2.45, 2.75) is 18.7 Å². The van der Waals surface area contributed by atoms with Crippen LogP contribution >= 0.6 is 0 Å². The lowest BCUT2D eigenvalue weighted by Crippen LogP contribution is -2.15. The van der Waals surface area contributed by atoms with E-state index in [1.165, 1.54) is 31.4 Å². The lowest BCUT2D eigenvalue weighted by atomic mass is 10.1. The van der Waals surface area contributed by atoms with E-state index in [0.29, 0.717) is 28.3 Å². The van der Waals surface area contributed by atoms with Gasteiger partial charge in [0, 0.05) is 11.6 Å². The summed E-state index contributed by atoms with van der Waals surface area (Å²) < 4.78 is 51.6. The molecule has 0 radical (unpaired) electrons. The summed E-state index contributed by atoms with van der Waals surface area (Å²) in [5.74, 6) is 0.227. The fourth-order valence-electron chi connectivity index (χ4n) is 2.48. The van der Waals surface area contributed by atoms with Gasteiger partial charge < -0.3 is 9.26 Å². The second kappa shape index (κ2) is 6.80. The van der Waals surface area contributed by atoms with E-state index in [9.17, 15) is 12.8 Å².